The Bertz CT molecular complexity index is 1190. The van der Waals surface area contributed by atoms with Crippen molar-refractivity contribution in [2.45, 2.75) is 13.0 Å². The molecule has 0 fully saturated rings. The topological polar surface area (TPSA) is 65.1 Å². The standard InChI is InChI=1S/C22H18N2O2/c23-22(26)18-9-8-17-10-11-21(25)24(20(17)14-18)13-12-16-6-3-5-15-4-1-2-7-19(15)16/h1-11,14H,12-13H2,(H2,23,26). The Balaban J connectivity index is 1.77. The number of carbonyl (C=O) groups is 1. The Kier molecular flexibility index (Phi) is 4.01. The summed E-state index contributed by atoms with van der Waals surface area (Å²) in [5.41, 5.74) is 7.64. The van der Waals surface area contributed by atoms with Gasteiger partial charge in [-0.2, -0.15) is 0 Å². The van der Waals surface area contributed by atoms with Crippen LogP contribution in [0.3, 0.4) is 0 Å². The highest BCUT2D eigenvalue weighted by Gasteiger charge is 2.08. The van der Waals surface area contributed by atoms with Gasteiger partial charge in [0, 0.05) is 18.2 Å². The van der Waals surface area contributed by atoms with Crippen molar-refractivity contribution >= 4 is 27.6 Å². The van der Waals surface area contributed by atoms with Gasteiger partial charge in [0.2, 0.25) is 5.91 Å². The van der Waals surface area contributed by atoms with Gasteiger partial charge in [0.15, 0.2) is 0 Å². The summed E-state index contributed by atoms with van der Waals surface area (Å²) in [7, 11) is 0. The molecule has 1 heterocycles. The molecule has 0 aliphatic heterocycles. The smallest absolute Gasteiger partial charge is 0.251 e. The molecule has 4 rings (SSSR count). The van der Waals surface area contributed by atoms with E-state index in [4.69, 9.17) is 5.73 Å². The van der Waals surface area contributed by atoms with Crippen molar-refractivity contribution in [3.05, 3.63) is 94.3 Å². The molecule has 2 N–H and O–H groups in total. The van der Waals surface area contributed by atoms with Crippen LogP contribution >= 0.6 is 0 Å². The number of hydrogen-bond donors (Lipinski definition) is 1. The van der Waals surface area contributed by atoms with E-state index in [2.05, 4.69) is 24.3 Å². The van der Waals surface area contributed by atoms with Gasteiger partial charge in [-0.3, -0.25) is 9.59 Å². The predicted molar refractivity (Wildman–Crippen MR) is 104 cm³/mol. The normalized spacial score (nSPS) is 11.1. The van der Waals surface area contributed by atoms with Gasteiger partial charge < -0.3 is 10.3 Å². The maximum absolute atomic E-state index is 12.4. The van der Waals surface area contributed by atoms with Gasteiger partial charge in [-0.15, -0.1) is 0 Å². The summed E-state index contributed by atoms with van der Waals surface area (Å²) in [6.07, 6.45) is 0.723. The molecule has 4 heteroatoms. The lowest BCUT2D eigenvalue weighted by Gasteiger charge is -2.12. The van der Waals surface area contributed by atoms with Gasteiger partial charge >= 0.3 is 0 Å². The van der Waals surface area contributed by atoms with E-state index < -0.39 is 5.91 Å². The molecular weight excluding hydrogens is 324 g/mol. The molecule has 0 aliphatic carbocycles. The second-order valence-corrected chi connectivity index (χ2v) is 6.35. The zero-order chi connectivity index (χ0) is 18.1. The highest BCUT2D eigenvalue weighted by Crippen LogP contribution is 2.20. The maximum Gasteiger partial charge on any atom is 0.251 e. The van der Waals surface area contributed by atoms with Crippen LogP contribution in [0, 0.1) is 0 Å². The molecule has 4 nitrogen and oxygen atoms in total. The zero-order valence-electron chi connectivity index (χ0n) is 14.2. The Labute approximate surface area is 150 Å². The second-order valence-electron chi connectivity index (χ2n) is 6.35. The largest absolute Gasteiger partial charge is 0.366 e. The minimum atomic E-state index is -0.496. The van der Waals surface area contributed by atoms with Gasteiger partial charge in [-0.05, 0) is 46.3 Å². The molecule has 4 aromatic rings. The van der Waals surface area contributed by atoms with Crippen LogP contribution in [0.4, 0.5) is 0 Å². The van der Waals surface area contributed by atoms with E-state index in [1.54, 1.807) is 28.8 Å². The Hall–Kier alpha value is -3.40. The van der Waals surface area contributed by atoms with Crippen molar-refractivity contribution in [3.8, 4) is 0 Å². The molecule has 0 aliphatic rings. The highest BCUT2D eigenvalue weighted by atomic mass is 16.1. The second kappa shape index (κ2) is 6.48. The van der Waals surface area contributed by atoms with Crippen LogP contribution in [-0.2, 0) is 13.0 Å². The van der Waals surface area contributed by atoms with Gasteiger partial charge in [0.05, 0.1) is 5.52 Å². The van der Waals surface area contributed by atoms with Crippen LogP contribution < -0.4 is 11.3 Å². The number of nitrogens with zero attached hydrogens (tertiary/aromatic N) is 1. The van der Waals surface area contributed by atoms with E-state index in [0.717, 1.165) is 17.3 Å². The molecule has 3 aromatic carbocycles. The van der Waals surface area contributed by atoms with Crippen LogP contribution in [0.15, 0.2) is 77.6 Å². The third kappa shape index (κ3) is 2.86. The first-order valence-corrected chi connectivity index (χ1v) is 8.53. The fourth-order valence-electron chi connectivity index (χ4n) is 3.41. The molecule has 128 valence electrons. The number of fused-ring (bicyclic) bond motifs is 2. The third-order valence-electron chi connectivity index (χ3n) is 4.76. The van der Waals surface area contributed by atoms with Crippen LogP contribution in [0.5, 0.6) is 0 Å². The van der Waals surface area contributed by atoms with Gasteiger partial charge in [-0.1, -0.05) is 48.5 Å². The van der Waals surface area contributed by atoms with Gasteiger partial charge in [0.1, 0.15) is 0 Å². The van der Waals surface area contributed by atoms with Crippen LogP contribution in [0.1, 0.15) is 15.9 Å². The first-order chi connectivity index (χ1) is 12.6. The number of carbonyl (C=O) groups excluding carboxylic acids is 1. The molecule has 0 atom stereocenters. The molecule has 0 saturated heterocycles. The van der Waals surface area contributed by atoms with Gasteiger partial charge in [0.25, 0.3) is 5.56 Å². The van der Waals surface area contributed by atoms with Crippen LogP contribution in [0.25, 0.3) is 21.7 Å². The molecule has 0 radical (unpaired) electrons. The van der Waals surface area contributed by atoms with Crippen LogP contribution in [0.2, 0.25) is 0 Å². The summed E-state index contributed by atoms with van der Waals surface area (Å²) in [5.74, 6) is -0.496. The lowest BCUT2D eigenvalue weighted by Crippen LogP contribution is -2.21. The molecule has 0 spiro atoms. The first kappa shape index (κ1) is 16.1. The number of nitrogens with two attached hydrogens (primary N) is 1. The summed E-state index contributed by atoms with van der Waals surface area (Å²) in [6.45, 7) is 0.534. The molecule has 0 unspecified atom stereocenters. The van der Waals surface area contributed by atoms with E-state index in [1.807, 2.05) is 24.3 Å². The molecule has 0 bridgehead atoms. The molecule has 1 aromatic heterocycles. The summed E-state index contributed by atoms with van der Waals surface area (Å²) >= 11 is 0. The monoisotopic (exact) mass is 342 g/mol. The third-order valence-corrected chi connectivity index (χ3v) is 4.76. The minimum absolute atomic E-state index is 0.0839. The van der Waals surface area contributed by atoms with Crippen molar-refractivity contribution in [1.82, 2.24) is 4.57 Å². The lowest BCUT2D eigenvalue weighted by molar-refractivity contribution is 0.100. The van der Waals surface area contributed by atoms with E-state index in [1.165, 1.54) is 16.3 Å². The number of aromatic nitrogens is 1. The number of rotatable bonds is 4. The minimum Gasteiger partial charge on any atom is -0.366 e. The average molecular weight is 342 g/mol. The number of amides is 1. The number of hydrogen-bond acceptors (Lipinski definition) is 2. The summed E-state index contributed by atoms with van der Waals surface area (Å²) in [6, 6.07) is 23.0. The number of pyridine rings is 1. The lowest BCUT2D eigenvalue weighted by atomic mass is 10.0. The highest BCUT2D eigenvalue weighted by molar-refractivity contribution is 5.96. The number of aryl methyl sites for hydroxylation is 2. The maximum atomic E-state index is 12.4. The summed E-state index contributed by atoms with van der Waals surface area (Å²) < 4.78 is 1.71. The van der Waals surface area contributed by atoms with E-state index >= 15 is 0 Å². The average Bonchev–Trinajstić information content (AvgIpc) is 2.66. The van der Waals surface area contributed by atoms with Gasteiger partial charge in [-0.25, -0.2) is 0 Å². The summed E-state index contributed by atoms with van der Waals surface area (Å²) in [4.78, 5) is 23.9. The molecule has 1 amide bonds. The number of primary amides is 1. The SMILES string of the molecule is NC(=O)c1ccc2ccc(=O)n(CCc3cccc4ccccc34)c2c1. The van der Waals surface area contributed by atoms with Crippen molar-refractivity contribution in [2.75, 3.05) is 0 Å². The Morgan fingerprint density at radius 3 is 2.50 bits per heavy atom. The molecular formula is C22H18N2O2. The zero-order valence-corrected chi connectivity index (χ0v) is 14.2. The predicted octanol–water partition coefficient (Wildman–Crippen LogP) is 3.50. The van der Waals surface area contributed by atoms with E-state index in [9.17, 15) is 9.59 Å². The first-order valence-electron chi connectivity index (χ1n) is 8.53. The van der Waals surface area contributed by atoms with Crippen LogP contribution in [-0.4, -0.2) is 10.5 Å². The number of benzene rings is 3. The van der Waals surface area contributed by atoms with E-state index in [0.29, 0.717) is 12.1 Å². The Morgan fingerprint density at radius 2 is 1.65 bits per heavy atom. The van der Waals surface area contributed by atoms with Crippen molar-refractivity contribution < 1.29 is 4.79 Å². The molecule has 26 heavy (non-hydrogen) atoms. The van der Waals surface area contributed by atoms with Crippen molar-refractivity contribution in [3.63, 3.8) is 0 Å². The molecule has 0 saturated carbocycles. The fourth-order valence-corrected chi connectivity index (χ4v) is 3.41. The summed E-state index contributed by atoms with van der Waals surface area (Å²) in [5, 5.41) is 3.29. The van der Waals surface area contributed by atoms with Crippen molar-refractivity contribution in [2.24, 2.45) is 5.73 Å². The Morgan fingerprint density at radius 1 is 0.885 bits per heavy atom. The fraction of sp³-hybridized carbons (Fsp3) is 0.0909. The van der Waals surface area contributed by atoms with E-state index in [-0.39, 0.29) is 5.56 Å². The quantitative estimate of drug-likeness (QED) is 0.617. The van der Waals surface area contributed by atoms with Crippen molar-refractivity contribution in [1.29, 1.82) is 0 Å².